The van der Waals surface area contributed by atoms with Crippen molar-refractivity contribution in [3.63, 3.8) is 0 Å². The fourth-order valence-electron chi connectivity index (χ4n) is 0.884. The van der Waals surface area contributed by atoms with E-state index >= 15 is 0 Å². The lowest BCUT2D eigenvalue weighted by Gasteiger charge is -1.83. The minimum Gasteiger partial charge on any atom is -0.205 e. The van der Waals surface area contributed by atoms with Crippen molar-refractivity contribution < 1.29 is 4.39 Å². The Kier molecular flexibility index (Phi) is 1.21. The van der Waals surface area contributed by atoms with Gasteiger partial charge in [-0.15, -0.1) is 11.3 Å². The molecule has 0 bridgehead atoms. The number of halogens is 1. The minimum atomic E-state index is -0.142. The molecule has 0 aliphatic rings. The highest BCUT2D eigenvalue weighted by Gasteiger charge is 1.99. The third kappa shape index (κ3) is 0.727. The highest BCUT2D eigenvalue weighted by Crippen LogP contribution is 2.23. The van der Waals surface area contributed by atoms with Gasteiger partial charge in [0.05, 0.1) is 0 Å². The largest absolute Gasteiger partial charge is 0.205 e. The van der Waals surface area contributed by atoms with Gasteiger partial charge in [0.1, 0.15) is 5.82 Å². The van der Waals surface area contributed by atoms with Crippen LogP contribution in [0.25, 0.3) is 10.1 Å². The minimum absolute atomic E-state index is 0.142. The van der Waals surface area contributed by atoms with Gasteiger partial charge in [-0.2, -0.15) is 0 Å². The summed E-state index contributed by atoms with van der Waals surface area (Å²) in [4.78, 5) is 0. The summed E-state index contributed by atoms with van der Waals surface area (Å²) in [5.74, 6) is -0.142. The molecule has 0 nitrogen and oxygen atoms in total. The van der Waals surface area contributed by atoms with Crippen LogP contribution in [0.4, 0.5) is 4.39 Å². The van der Waals surface area contributed by atoms with Crippen LogP contribution in [0.5, 0.6) is 0 Å². The molecule has 0 fully saturated rings. The molecule has 0 atom stereocenters. The van der Waals surface area contributed by atoms with Crippen molar-refractivity contribution in [2.75, 3.05) is 0 Å². The lowest BCUT2D eigenvalue weighted by atomic mass is 10.3. The monoisotopic (exact) mass is 151 g/mol. The van der Waals surface area contributed by atoms with E-state index in [0.717, 1.165) is 4.70 Å². The maximum absolute atomic E-state index is 12.7. The van der Waals surface area contributed by atoms with Crippen molar-refractivity contribution >= 4 is 21.4 Å². The zero-order chi connectivity index (χ0) is 6.97. The summed E-state index contributed by atoms with van der Waals surface area (Å²) >= 11 is 1.42. The molecule has 0 amide bonds. The van der Waals surface area contributed by atoms with Crippen LogP contribution in [0, 0.1) is 11.9 Å². The molecule has 10 heavy (non-hydrogen) atoms. The summed E-state index contributed by atoms with van der Waals surface area (Å²) in [6.07, 6.45) is 0. The van der Waals surface area contributed by atoms with E-state index < -0.39 is 0 Å². The van der Waals surface area contributed by atoms with Gasteiger partial charge in [0, 0.05) is 15.5 Å². The van der Waals surface area contributed by atoms with Gasteiger partial charge in [0.2, 0.25) is 0 Å². The lowest BCUT2D eigenvalue weighted by Crippen LogP contribution is -1.65. The number of rotatable bonds is 0. The molecule has 0 unspecified atom stereocenters. The van der Waals surface area contributed by atoms with Crippen molar-refractivity contribution in [1.29, 1.82) is 0 Å². The van der Waals surface area contributed by atoms with E-state index in [2.05, 4.69) is 6.07 Å². The van der Waals surface area contributed by atoms with Crippen molar-refractivity contribution in [1.82, 2.24) is 0 Å². The number of thiophene rings is 1. The Morgan fingerprint density at radius 3 is 3.20 bits per heavy atom. The van der Waals surface area contributed by atoms with E-state index in [1.54, 1.807) is 12.1 Å². The highest BCUT2D eigenvalue weighted by atomic mass is 32.1. The zero-order valence-corrected chi connectivity index (χ0v) is 5.91. The maximum atomic E-state index is 12.7. The first kappa shape index (κ1) is 5.86. The predicted molar refractivity (Wildman–Crippen MR) is 40.6 cm³/mol. The van der Waals surface area contributed by atoms with E-state index in [1.165, 1.54) is 16.7 Å². The van der Waals surface area contributed by atoms with Crippen LogP contribution in [0.1, 0.15) is 0 Å². The molecule has 0 N–H and O–H groups in total. The summed E-state index contributed by atoms with van der Waals surface area (Å²) in [5.41, 5.74) is 0. The summed E-state index contributed by atoms with van der Waals surface area (Å²) in [6.45, 7) is 0. The molecule has 0 saturated carbocycles. The standard InChI is InChI=1S/C8H4FS/c9-7-5-10-8-4-2-1-3-6(7)8/h2-5H. The van der Waals surface area contributed by atoms with Crippen LogP contribution in [-0.2, 0) is 0 Å². The molecule has 2 aromatic rings. The zero-order valence-electron chi connectivity index (χ0n) is 5.10. The average Bonchev–Trinajstić information content (AvgIpc) is 2.34. The van der Waals surface area contributed by atoms with Crippen LogP contribution in [0.2, 0.25) is 0 Å². The molecule has 0 saturated heterocycles. The normalized spacial score (nSPS) is 10.5. The van der Waals surface area contributed by atoms with E-state index in [9.17, 15) is 4.39 Å². The second kappa shape index (κ2) is 2.06. The van der Waals surface area contributed by atoms with Crippen LogP contribution < -0.4 is 0 Å². The molecule has 0 aliphatic carbocycles. The molecule has 2 heteroatoms. The number of hydrogen-bond acceptors (Lipinski definition) is 1. The summed E-state index contributed by atoms with van der Waals surface area (Å²) in [6, 6.07) is 8.15. The second-order valence-electron chi connectivity index (χ2n) is 2.01. The fraction of sp³-hybridized carbons (Fsp3) is 0. The van der Waals surface area contributed by atoms with Gasteiger partial charge in [0.15, 0.2) is 0 Å². The van der Waals surface area contributed by atoms with E-state index in [0.29, 0.717) is 5.39 Å². The first-order valence-corrected chi connectivity index (χ1v) is 3.79. The van der Waals surface area contributed by atoms with Crippen molar-refractivity contribution in [3.05, 3.63) is 35.5 Å². The lowest BCUT2D eigenvalue weighted by molar-refractivity contribution is 0.644. The molecule has 1 aromatic carbocycles. The van der Waals surface area contributed by atoms with Gasteiger partial charge in [-0.3, -0.25) is 0 Å². The van der Waals surface area contributed by atoms with Gasteiger partial charge in [-0.05, 0) is 18.2 Å². The first-order valence-electron chi connectivity index (χ1n) is 2.91. The third-order valence-electron chi connectivity index (χ3n) is 1.37. The predicted octanol–water partition coefficient (Wildman–Crippen LogP) is 2.84. The van der Waals surface area contributed by atoms with Crippen molar-refractivity contribution in [2.24, 2.45) is 0 Å². The Morgan fingerprint density at radius 2 is 2.40 bits per heavy atom. The SMILES string of the molecule is Fc1csc2cc[c]cc12. The summed E-state index contributed by atoms with van der Waals surface area (Å²) < 4.78 is 13.7. The first-order chi connectivity index (χ1) is 4.88. The Bertz CT molecular complexity index is 351. The smallest absolute Gasteiger partial charge is 0.141 e. The van der Waals surface area contributed by atoms with Gasteiger partial charge >= 0.3 is 0 Å². The Labute approximate surface area is 61.9 Å². The molecular weight excluding hydrogens is 147 g/mol. The highest BCUT2D eigenvalue weighted by molar-refractivity contribution is 7.17. The second-order valence-corrected chi connectivity index (χ2v) is 2.92. The van der Waals surface area contributed by atoms with Gasteiger partial charge in [-0.25, -0.2) is 4.39 Å². The number of hydrogen-bond donors (Lipinski definition) is 0. The molecule has 1 aromatic heterocycles. The summed E-state index contributed by atoms with van der Waals surface area (Å²) in [7, 11) is 0. The molecule has 1 heterocycles. The van der Waals surface area contributed by atoms with E-state index in [-0.39, 0.29) is 5.82 Å². The number of fused-ring (bicyclic) bond motifs is 1. The third-order valence-corrected chi connectivity index (χ3v) is 2.31. The Morgan fingerprint density at radius 1 is 1.50 bits per heavy atom. The van der Waals surface area contributed by atoms with Crippen LogP contribution in [0.3, 0.4) is 0 Å². The Hall–Kier alpha value is -0.890. The van der Waals surface area contributed by atoms with Gasteiger partial charge < -0.3 is 0 Å². The average molecular weight is 151 g/mol. The molecular formula is C8H4FS. The van der Waals surface area contributed by atoms with E-state index in [4.69, 9.17) is 0 Å². The summed E-state index contributed by atoms with van der Waals surface area (Å²) in [5, 5.41) is 2.19. The van der Waals surface area contributed by atoms with Crippen molar-refractivity contribution in [3.8, 4) is 0 Å². The molecule has 49 valence electrons. The molecule has 0 aliphatic heterocycles. The molecule has 0 spiro atoms. The molecule has 1 radical (unpaired) electrons. The van der Waals surface area contributed by atoms with E-state index in [1.807, 2.05) is 6.07 Å². The topological polar surface area (TPSA) is 0 Å². The van der Waals surface area contributed by atoms with Crippen LogP contribution in [-0.4, -0.2) is 0 Å². The van der Waals surface area contributed by atoms with Crippen molar-refractivity contribution in [2.45, 2.75) is 0 Å². The maximum Gasteiger partial charge on any atom is 0.141 e. The van der Waals surface area contributed by atoms with Gasteiger partial charge in [-0.1, -0.05) is 6.07 Å². The fourth-order valence-corrected chi connectivity index (χ4v) is 1.67. The van der Waals surface area contributed by atoms with Crippen LogP contribution in [0.15, 0.2) is 23.6 Å². The van der Waals surface area contributed by atoms with Gasteiger partial charge in [0.25, 0.3) is 0 Å². The Balaban J connectivity index is 2.93. The molecule has 2 rings (SSSR count). The number of benzene rings is 1. The quantitative estimate of drug-likeness (QED) is 0.543. The van der Waals surface area contributed by atoms with Crippen LogP contribution >= 0.6 is 11.3 Å².